The lowest BCUT2D eigenvalue weighted by molar-refractivity contribution is 0.125. The molecule has 12 nitrogen and oxygen atoms in total. The summed E-state index contributed by atoms with van der Waals surface area (Å²) in [5, 5.41) is 19.2. The highest BCUT2D eigenvalue weighted by molar-refractivity contribution is 5.88. The van der Waals surface area contributed by atoms with E-state index in [0.29, 0.717) is 29.4 Å². The van der Waals surface area contributed by atoms with Crippen LogP contribution >= 0.6 is 0 Å². The second-order valence-electron chi connectivity index (χ2n) is 7.87. The molecule has 0 amide bonds. The van der Waals surface area contributed by atoms with Crippen molar-refractivity contribution in [3.63, 3.8) is 0 Å². The van der Waals surface area contributed by atoms with Crippen molar-refractivity contribution in [1.29, 1.82) is 0 Å². The Bertz CT molecular complexity index is 1540. The Balaban J connectivity index is 1.77. The third-order valence-corrected chi connectivity index (χ3v) is 5.63. The van der Waals surface area contributed by atoms with Crippen LogP contribution in [0.15, 0.2) is 63.5 Å². The van der Waals surface area contributed by atoms with E-state index in [1.54, 1.807) is 31.2 Å². The van der Waals surface area contributed by atoms with Crippen LogP contribution in [0.4, 0.5) is 0 Å². The molecule has 198 valence electrons. The first kappa shape index (κ1) is 26.2. The molecule has 0 bridgehead atoms. The van der Waals surface area contributed by atoms with Gasteiger partial charge in [-0.1, -0.05) is 29.9 Å². The zero-order valence-corrected chi connectivity index (χ0v) is 21.1. The zero-order valence-electron chi connectivity index (χ0n) is 21.1. The molecular weight excluding hydrogens is 494 g/mol. The topological polar surface area (TPSA) is 156 Å². The SMILES string of the molecule is C=C(O/C(Cc1noc2ccccc12)=N\N)c1c(O)nc(COCC)n(-c2c(OC)cccc2OC)c1=O. The summed E-state index contributed by atoms with van der Waals surface area (Å²) >= 11 is 0. The van der Waals surface area contributed by atoms with E-state index in [1.165, 1.54) is 18.8 Å². The van der Waals surface area contributed by atoms with E-state index in [-0.39, 0.29) is 41.8 Å². The summed E-state index contributed by atoms with van der Waals surface area (Å²) < 4.78 is 28.7. The van der Waals surface area contributed by atoms with E-state index in [2.05, 4.69) is 21.8 Å². The summed E-state index contributed by atoms with van der Waals surface area (Å²) in [7, 11) is 2.92. The van der Waals surface area contributed by atoms with Gasteiger partial charge in [0.15, 0.2) is 5.58 Å². The van der Waals surface area contributed by atoms with Gasteiger partial charge in [-0.3, -0.25) is 9.36 Å². The van der Waals surface area contributed by atoms with E-state index in [1.807, 2.05) is 18.2 Å². The van der Waals surface area contributed by atoms with Gasteiger partial charge in [0.2, 0.25) is 11.8 Å². The fourth-order valence-electron chi connectivity index (χ4n) is 3.88. The molecule has 2 aromatic carbocycles. The van der Waals surface area contributed by atoms with Crippen LogP contribution in [0.25, 0.3) is 22.4 Å². The van der Waals surface area contributed by atoms with Gasteiger partial charge in [-0.05, 0) is 31.2 Å². The first-order chi connectivity index (χ1) is 18.4. The van der Waals surface area contributed by atoms with Gasteiger partial charge in [-0.15, -0.1) is 5.10 Å². The van der Waals surface area contributed by atoms with E-state index < -0.39 is 11.4 Å². The molecule has 4 aromatic rings. The first-order valence-electron chi connectivity index (χ1n) is 11.5. The molecule has 0 aliphatic rings. The van der Waals surface area contributed by atoms with Crippen LogP contribution in [0.2, 0.25) is 0 Å². The minimum absolute atomic E-state index is 0.0207. The van der Waals surface area contributed by atoms with Crippen LogP contribution in [0, 0.1) is 0 Å². The molecule has 0 saturated heterocycles. The van der Waals surface area contributed by atoms with Crippen molar-refractivity contribution >= 4 is 22.6 Å². The molecule has 4 rings (SSSR count). The molecule has 0 unspecified atom stereocenters. The van der Waals surface area contributed by atoms with Crippen LogP contribution in [-0.2, 0) is 22.5 Å². The maximum atomic E-state index is 13.9. The molecule has 38 heavy (non-hydrogen) atoms. The Kier molecular flexibility index (Phi) is 7.92. The molecule has 0 aliphatic heterocycles. The van der Waals surface area contributed by atoms with Crippen LogP contribution in [0.3, 0.4) is 0 Å². The van der Waals surface area contributed by atoms with Crippen molar-refractivity contribution in [3.8, 4) is 23.1 Å². The molecular formula is C26H27N5O7. The largest absolute Gasteiger partial charge is 0.494 e. The lowest BCUT2D eigenvalue weighted by atomic mass is 10.2. The lowest BCUT2D eigenvalue weighted by Crippen LogP contribution is -2.28. The molecule has 0 saturated carbocycles. The lowest BCUT2D eigenvalue weighted by Gasteiger charge is -2.20. The second-order valence-corrected chi connectivity index (χ2v) is 7.87. The van der Waals surface area contributed by atoms with Crippen LogP contribution in [0.5, 0.6) is 17.4 Å². The smallest absolute Gasteiger partial charge is 0.273 e. The fraction of sp³-hybridized carbons (Fsp3) is 0.231. The first-order valence-corrected chi connectivity index (χ1v) is 11.5. The highest BCUT2D eigenvalue weighted by atomic mass is 16.5. The molecule has 2 heterocycles. The molecule has 0 fully saturated rings. The molecule has 3 N–H and O–H groups in total. The summed E-state index contributed by atoms with van der Waals surface area (Å²) in [6, 6.07) is 12.3. The van der Waals surface area contributed by atoms with Gasteiger partial charge in [0, 0.05) is 12.0 Å². The van der Waals surface area contributed by atoms with E-state index >= 15 is 0 Å². The predicted molar refractivity (Wildman–Crippen MR) is 139 cm³/mol. The monoisotopic (exact) mass is 521 g/mol. The van der Waals surface area contributed by atoms with E-state index in [9.17, 15) is 9.90 Å². The Morgan fingerprint density at radius 3 is 2.53 bits per heavy atom. The number of aromatic nitrogens is 3. The maximum Gasteiger partial charge on any atom is 0.273 e. The molecule has 2 aromatic heterocycles. The number of nitrogens with two attached hydrogens (primary N) is 1. The molecule has 0 radical (unpaired) electrons. The summed E-state index contributed by atoms with van der Waals surface area (Å²) in [4.78, 5) is 18.1. The van der Waals surface area contributed by atoms with Crippen LogP contribution in [-0.4, -0.2) is 46.5 Å². The van der Waals surface area contributed by atoms with Crippen molar-refractivity contribution < 1.29 is 28.6 Å². The van der Waals surface area contributed by atoms with Crippen molar-refractivity contribution in [2.24, 2.45) is 10.9 Å². The number of methoxy groups -OCH3 is 2. The van der Waals surface area contributed by atoms with Crippen molar-refractivity contribution in [2.45, 2.75) is 20.0 Å². The maximum absolute atomic E-state index is 13.9. The fourth-order valence-corrected chi connectivity index (χ4v) is 3.88. The Labute approximate surface area is 217 Å². The van der Waals surface area contributed by atoms with Crippen molar-refractivity contribution in [3.05, 3.63) is 76.5 Å². The van der Waals surface area contributed by atoms with Gasteiger partial charge < -0.3 is 34.4 Å². The standard InChI is InChI=1S/C26H27N5O7/c1-5-36-14-21-28-25(32)23(26(33)31(21)24-19(34-3)11-8-12-20(24)35-4)15(2)37-22(29-27)13-17-16-9-6-7-10-18(16)38-30-17/h6-12,32H,2,5,13-14,27H2,1,3-4H3/b29-22-. The predicted octanol–water partition coefficient (Wildman–Crippen LogP) is 3.14. The summed E-state index contributed by atoms with van der Waals surface area (Å²) in [5.74, 6) is 5.47. The number of hydrogen-bond donors (Lipinski definition) is 2. The minimum Gasteiger partial charge on any atom is -0.494 e. The average molecular weight is 522 g/mol. The van der Waals surface area contributed by atoms with Gasteiger partial charge in [0.05, 0.1) is 20.6 Å². The van der Waals surface area contributed by atoms with Gasteiger partial charge in [-0.2, -0.15) is 4.98 Å². The third-order valence-electron chi connectivity index (χ3n) is 5.63. The van der Waals surface area contributed by atoms with Gasteiger partial charge in [0.1, 0.15) is 46.6 Å². The normalized spacial score (nSPS) is 11.5. The number of fused-ring (bicyclic) bond motifs is 1. The highest BCUT2D eigenvalue weighted by Crippen LogP contribution is 2.33. The molecule has 0 aliphatic carbocycles. The Hall–Kier alpha value is -4.84. The number of hydrogen-bond acceptors (Lipinski definition) is 11. The molecule has 12 heteroatoms. The number of rotatable bonds is 10. The number of ether oxygens (including phenoxy) is 4. The van der Waals surface area contributed by atoms with Crippen molar-refractivity contribution in [2.75, 3.05) is 20.8 Å². The summed E-state index contributed by atoms with van der Waals surface area (Å²) in [6.07, 6.45) is 0.0394. The number of aromatic hydroxyl groups is 1. The number of benzene rings is 2. The Morgan fingerprint density at radius 2 is 1.87 bits per heavy atom. The highest BCUT2D eigenvalue weighted by Gasteiger charge is 2.26. The van der Waals surface area contributed by atoms with Gasteiger partial charge in [0.25, 0.3) is 5.56 Å². The second kappa shape index (κ2) is 11.5. The number of nitrogens with zero attached hydrogens (tertiary/aromatic N) is 4. The average Bonchev–Trinajstić information content (AvgIpc) is 3.33. The minimum atomic E-state index is -0.705. The Morgan fingerprint density at radius 1 is 1.16 bits per heavy atom. The van der Waals surface area contributed by atoms with E-state index in [4.69, 9.17) is 29.3 Å². The van der Waals surface area contributed by atoms with Crippen LogP contribution in [0.1, 0.15) is 24.0 Å². The van der Waals surface area contributed by atoms with Crippen LogP contribution < -0.4 is 20.9 Å². The summed E-state index contributed by atoms with van der Waals surface area (Å²) in [6.45, 7) is 5.89. The van der Waals surface area contributed by atoms with E-state index in [0.717, 1.165) is 5.39 Å². The number of hydrazone groups is 1. The molecule has 0 spiro atoms. The third kappa shape index (κ3) is 5.02. The summed E-state index contributed by atoms with van der Waals surface area (Å²) in [5.41, 5.74) is 0.342. The number of para-hydroxylation sites is 2. The molecule has 0 atom stereocenters. The van der Waals surface area contributed by atoms with Gasteiger partial charge >= 0.3 is 0 Å². The zero-order chi connectivity index (χ0) is 27.2. The van der Waals surface area contributed by atoms with Gasteiger partial charge in [-0.25, -0.2) is 0 Å². The quantitative estimate of drug-likeness (QED) is 0.104. The van der Waals surface area contributed by atoms with Crippen molar-refractivity contribution in [1.82, 2.24) is 14.7 Å².